The van der Waals surface area contributed by atoms with Crippen molar-refractivity contribution in [1.82, 2.24) is 14.5 Å². The Morgan fingerprint density at radius 2 is 1.68 bits per heavy atom. The fraction of sp³-hybridized carbons (Fsp3) is 0.737. The first-order chi connectivity index (χ1) is 12.2. The molecule has 1 saturated heterocycles. The summed E-state index contributed by atoms with van der Waals surface area (Å²) < 4.78 is 2.13. The number of nitrogens with zero attached hydrogens (tertiary/aromatic N) is 3. The van der Waals surface area contributed by atoms with Crippen molar-refractivity contribution in [1.29, 1.82) is 0 Å². The van der Waals surface area contributed by atoms with Crippen LogP contribution in [0.2, 0.25) is 0 Å². The minimum atomic E-state index is -0.198. The quantitative estimate of drug-likeness (QED) is 0.916. The van der Waals surface area contributed by atoms with Gasteiger partial charge in [-0.15, -0.1) is 0 Å². The number of carbonyl (C=O) groups is 2. The van der Waals surface area contributed by atoms with Crippen LogP contribution in [0.15, 0.2) is 6.20 Å². The van der Waals surface area contributed by atoms with Gasteiger partial charge in [0, 0.05) is 37.9 Å². The second-order valence-electron chi connectivity index (χ2n) is 7.69. The van der Waals surface area contributed by atoms with Gasteiger partial charge in [0.05, 0.1) is 6.20 Å². The summed E-state index contributed by atoms with van der Waals surface area (Å²) in [6.45, 7) is 2.64. The summed E-state index contributed by atoms with van der Waals surface area (Å²) in [5, 5.41) is 3.09. The zero-order valence-electron chi connectivity index (χ0n) is 14.9. The van der Waals surface area contributed by atoms with Gasteiger partial charge in [0.25, 0.3) is 0 Å². The van der Waals surface area contributed by atoms with Gasteiger partial charge in [0.1, 0.15) is 11.6 Å². The maximum atomic E-state index is 13.0. The number of carbonyl (C=O) groups excluding carboxylic acids is 2. The number of aromatic nitrogens is 2. The van der Waals surface area contributed by atoms with Gasteiger partial charge in [0.15, 0.2) is 0 Å². The molecule has 1 saturated carbocycles. The highest BCUT2D eigenvalue weighted by Gasteiger charge is 2.38. The number of fused-ring (bicyclic) bond motifs is 1. The lowest BCUT2D eigenvalue weighted by Crippen LogP contribution is -2.43. The number of hydrogen-bond acceptors (Lipinski definition) is 3. The molecule has 4 rings (SSSR count). The van der Waals surface area contributed by atoms with Crippen molar-refractivity contribution in [2.75, 3.05) is 18.4 Å². The summed E-state index contributed by atoms with van der Waals surface area (Å²) in [5.41, 5.74) is 0. The SMILES string of the molecule is O=C(Nc1cnc2n1CCCC2)[C@H]1CCCC[C@H]1C(=O)N1CCCC1. The number of imidazole rings is 1. The van der Waals surface area contributed by atoms with Gasteiger partial charge in [-0.3, -0.25) is 9.59 Å². The number of likely N-dealkylation sites (tertiary alicyclic amines) is 1. The molecule has 6 heteroatoms. The van der Waals surface area contributed by atoms with Crippen LogP contribution in [0.5, 0.6) is 0 Å². The van der Waals surface area contributed by atoms with Crippen molar-refractivity contribution in [2.24, 2.45) is 11.8 Å². The van der Waals surface area contributed by atoms with E-state index >= 15 is 0 Å². The topological polar surface area (TPSA) is 67.2 Å². The highest BCUT2D eigenvalue weighted by atomic mass is 16.2. The first kappa shape index (κ1) is 16.6. The first-order valence-electron chi connectivity index (χ1n) is 9.88. The zero-order chi connectivity index (χ0) is 17.2. The van der Waals surface area contributed by atoms with Crippen molar-refractivity contribution in [3.8, 4) is 0 Å². The maximum Gasteiger partial charge on any atom is 0.229 e. The number of aryl methyl sites for hydroxylation is 1. The second kappa shape index (κ2) is 7.18. The normalized spacial score (nSPS) is 26.3. The van der Waals surface area contributed by atoms with Crippen LogP contribution in [0.25, 0.3) is 0 Å². The fourth-order valence-electron chi connectivity index (χ4n) is 4.65. The molecule has 1 aromatic heterocycles. The average molecular weight is 344 g/mol. The summed E-state index contributed by atoms with van der Waals surface area (Å²) in [5.74, 6) is 1.73. The minimum Gasteiger partial charge on any atom is -0.342 e. The molecule has 25 heavy (non-hydrogen) atoms. The summed E-state index contributed by atoms with van der Waals surface area (Å²) >= 11 is 0. The third-order valence-electron chi connectivity index (χ3n) is 6.06. The predicted molar refractivity (Wildman–Crippen MR) is 95.1 cm³/mol. The van der Waals surface area contributed by atoms with Crippen molar-refractivity contribution >= 4 is 17.6 Å². The zero-order valence-corrected chi connectivity index (χ0v) is 14.9. The molecular weight excluding hydrogens is 316 g/mol. The van der Waals surface area contributed by atoms with E-state index in [-0.39, 0.29) is 23.7 Å². The van der Waals surface area contributed by atoms with Crippen LogP contribution in [0.1, 0.15) is 57.2 Å². The van der Waals surface area contributed by atoms with Gasteiger partial charge in [-0.2, -0.15) is 0 Å². The van der Waals surface area contributed by atoms with E-state index < -0.39 is 0 Å². The molecule has 6 nitrogen and oxygen atoms in total. The summed E-state index contributed by atoms with van der Waals surface area (Å²) in [6.07, 6.45) is 11.0. The van der Waals surface area contributed by atoms with E-state index in [1.165, 1.54) is 6.42 Å². The predicted octanol–water partition coefficient (Wildman–Crippen LogP) is 2.59. The Hall–Kier alpha value is -1.85. The molecule has 0 unspecified atom stereocenters. The third kappa shape index (κ3) is 3.31. The van der Waals surface area contributed by atoms with Gasteiger partial charge < -0.3 is 14.8 Å². The monoisotopic (exact) mass is 344 g/mol. The minimum absolute atomic E-state index is 0.00511. The lowest BCUT2D eigenvalue weighted by Gasteiger charge is -2.32. The molecule has 1 aromatic rings. The molecule has 0 bridgehead atoms. The number of hydrogen-bond donors (Lipinski definition) is 1. The summed E-state index contributed by atoms with van der Waals surface area (Å²) in [7, 11) is 0. The van der Waals surface area contributed by atoms with Crippen molar-refractivity contribution in [3.05, 3.63) is 12.0 Å². The molecule has 2 fully saturated rings. The van der Waals surface area contributed by atoms with Crippen molar-refractivity contribution in [3.63, 3.8) is 0 Å². The smallest absolute Gasteiger partial charge is 0.229 e. The molecule has 2 atom stereocenters. The van der Waals surface area contributed by atoms with Crippen LogP contribution in [0.3, 0.4) is 0 Å². The van der Waals surface area contributed by atoms with Crippen molar-refractivity contribution in [2.45, 2.75) is 64.3 Å². The number of nitrogens with one attached hydrogen (secondary N) is 1. The Kier molecular flexibility index (Phi) is 4.77. The largest absolute Gasteiger partial charge is 0.342 e. The standard InChI is InChI=1S/C19H28N4O2/c24-18(21-17-13-20-16-9-3-4-12-23(16)17)14-7-1-2-8-15(14)19(25)22-10-5-6-11-22/h13-15H,1-12H2,(H,21,24)/t14-,15+/m0/s1. The Balaban J connectivity index is 1.47. The van der Waals surface area contributed by atoms with E-state index in [4.69, 9.17) is 0 Å². The van der Waals surface area contributed by atoms with E-state index in [1.54, 1.807) is 6.20 Å². The highest BCUT2D eigenvalue weighted by Crippen LogP contribution is 2.33. The molecule has 3 aliphatic rings. The Morgan fingerprint density at radius 3 is 2.48 bits per heavy atom. The van der Waals surface area contributed by atoms with E-state index in [9.17, 15) is 9.59 Å². The van der Waals surface area contributed by atoms with E-state index in [0.29, 0.717) is 0 Å². The van der Waals surface area contributed by atoms with E-state index in [1.807, 2.05) is 4.90 Å². The fourth-order valence-corrected chi connectivity index (χ4v) is 4.65. The van der Waals surface area contributed by atoms with Crippen molar-refractivity contribution < 1.29 is 9.59 Å². The molecule has 2 amide bonds. The van der Waals surface area contributed by atoms with Gasteiger partial charge in [-0.05, 0) is 38.5 Å². The molecular formula is C19H28N4O2. The van der Waals surface area contributed by atoms with Crippen LogP contribution in [-0.4, -0.2) is 39.4 Å². The summed E-state index contributed by atoms with van der Waals surface area (Å²) in [6, 6.07) is 0. The second-order valence-corrected chi connectivity index (χ2v) is 7.69. The van der Waals surface area contributed by atoms with Crippen LogP contribution in [0, 0.1) is 11.8 Å². The number of anilines is 1. The van der Waals surface area contributed by atoms with Crippen LogP contribution in [-0.2, 0) is 22.6 Å². The molecule has 0 radical (unpaired) electrons. The van der Waals surface area contributed by atoms with Gasteiger partial charge in [0.2, 0.25) is 11.8 Å². The van der Waals surface area contributed by atoms with E-state index in [0.717, 1.165) is 82.6 Å². The Bertz CT molecular complexity index is 648. The lowest BCUT2D eigenvalue weighted by atomic mass is 9.78. The molecule has 2 aliphatic heterocycles. The van der Waals surface area contributed by atoms with Gasteiger partial charge >= 0.3 is 0 Å². The average Bonchev–Trinajstić information content (AvgIpc) is 3.32. The van der Waals surface area contributed by atoms with Gasteiger partial charge in [-0.25, -0.2) is 4.98 Å². The van der Waals surface area contributed by atoms with E-state index in [2.05, 4.69) is 14.9 Å². The van der Waals surface area contributed by atoms with Crippen LogP contribution < -0.4 is 5.32 Å². The first-order valence-corrected chi connectivity index (χ1v) is 9.88. The molecule has 3 heterocycles. The number of amides is 2. The highest BCUT2D eigenvalue weighted by molar-refractivity contribution is 5.95. The van der Waals surface area contributed by atoms with Crippen LogP contribution in [0.4, 0.5) is 5.82 Å². The Labute approximate surface area is 149 Å². The van der Waals surface area contributed by atoms with Gasteiger partial charge in [-0.1, -0.05) is 12.8 Å². The lowest BCUT2D eigenvalue weighted by molar-refractivity contribution is -0.141. The van der Waals surface area contributed by atoms with Crippen LogP contribution >= 0.6 is 0 Å². The number of rotatable bonds is 3. The molecule has 1 aliphatic carbocycles. The molecule has 136 valence electrons. The molecule has 0 spiro atoms. The third-order valence-corrected chi connectivity index (χ3v) is 6.06. The summed E-state index contributed by atoms with van der Waals surface area (Å²) in [4.78, 5) is 32.3. The molecule has 1 N–H and O–H groups in total. The Morgan fingerprint density at radius 1 is 0.960 bits per heavy atom. The maximum absolute atomic E-state index is 13.0. The molecule has 0 aromatic carbocycles.